The average Bonchev–Trinajstić information content (AvgIpc) is 2.32. The van der Waals surface area contributed by atoms with Crippen LogP contribution in [0.25, 0.3) is 0 Å². The van der Waals surface area contributed by atoms with Crippen LogP contribution in [0.2, 0.25) is 0 Å². The SMILES string of the molecule is CN1C2CCC1[C@@H](C(=O)O)CC2. The van der Waals surface area contributed by atoms with Crippen molar-refractivity contribution in [3.05, 3.63) is 0 Å². The first kappa shape index (κ1) is 8.05. The third-order valence-electron chi connectivity index (χ3n) is 3.49. The predicted octanol–water partition coefficient (Wildman–Crippen LogP) is 0.944. The Kier molecular flexibility index (Phi) is 1.83. The van der Waals surface area contributed by atoms with Crippen molar-refractivity contribution in [1.82, 2.24) is 4.90 Å². The van der Waals surface area contributed by atoms with E-state index in [1.54, 1.807) is 0 Å². The molecule has 2 fully saturated rings. The van der Waals surface area contributed by atoms with E-state index in [0.29, 0.717) is 12.1 Å². The zero-order valence-corrected chi connectivity index (χ0v) is 7.36. The zero-order chi connectivity index (χ0) is 8.72. The van der Waals surface area contributed by atoms with Gasteiger partial charge in [0.05, 0.1) is 5.92 Å². The number of carboxylic acids is 1. The Labute approximate surface area is 72.4 Å². The summed E-state index contributed by atoms with van der Waals surface area (Å²) < 4.78 is 0. The molecule has 3 atom stereocenters. The van der Waals surface area contributed by atoms with E-state index in [1.165, 1.54) is 6.42 Å². The van der Waals surface area contributed by atoms with E-state index in [2.05, 4.69) is 11.9 Å². The van der Waals surface area contributed by atoms with Crippen molar-refractivity contribution < 1.29 is 9.90 Å². The molecule has 2 rings (SSSR count). The molecule has 2 aliphatic heterocycles. The Morgan fingerprint density at radius 2 is 2.00 bits per heavy atom. The maximum atomic E-state index is 10.9. The van der Waals surface area contributed by atoms with Crippen molar-refractivity contribution in [3.63, 3.8) is 0 Å². The second kappa shape index (κ2) is 2.73. The fourth-order valence-corrected chi connectivity index (χ4v) is 2.73. The summed E-state index contributed by atoms with van der Waals surface area (Å²) in [4.78, 5) is 13.1. The number of hydrogen-bond acceptors (Lipinski definition) is 2. The molecule has 0 aromatic heterocycles. The molecular formula is C9H15NO2. The molecule has 0 saturated carbocycles. The fraction of sp³-hybridized carbons (Fsp3) is 0.889. The van der Waals surface area contributed by atoms with Gasteiger partial charge in [-0.15, -0.1) is 0 Å². The van der Waals surface area contributed by atoms with Crippen LogP contribution in [0.15, 0.2) is 0 Å². The predicted molar refractivity (Wildman–Crippen MR) is 44.9 cm³/mol. The molecule has 0 aromatic carbocycles. The number of carbonyl (C=O) groups is 1. The lowest BCUT2D eigenvalue weighted by atomic mass is 9.91. The minimum atomic E-state index is -0.604. The quantitative estimate of drug-likeness (QED) is 0.635. The highest BCUT2D eigenvalue weighted by molar-refractivity contribution is 5.71. The number of aliphatic carboxylic acids is 1. The second-order valence-corrected chi connectivity index (χ2v) is 3.99. The monoisotopic (exact) mass is 169 g/mol. The molecule has 3 heteroatoms. The van der Waals surface area contributed by atoms with Gasteiger partial charge in [-0.1, -0.05) is 0 Å². The molecule has 68 valence electrons. The van der Waals surface area contributed by atoms with Gasteiger partial charge in [0.25, 0.3) is 0 Å². The third kappa shape index (κ3) is 1.04. The lowest BCUT2D eigenvalue weighted by molar-refractivity contribution is -0.145. The van der Waals surface area contributed by atoms with E-state index in [-0.39, 0.29) is 5.92 Å². The number of nitrogens with zero attached hydrogens (tertiary/aromatic N) is 1. The van der Waals surface area contributed by atoms with Gasteiger partial charge in [-0.05, 0) is 32.7 Å². The number of piperidine rings is 1. The summed E-state index contributed by atoms with van der Waals surface area (Å²) in [6.45, 7) is 0. The smallest absolute Gasteiger partial charge is 0.308 e. The van der Waals surface area contributed by atoms with Crippen molar-refractivity contribution in [2.75, 3.05) is 7.05 Å². The lowest BCUT2D eigenvalue weighted by Crippen LogP contribution is -2.44. The molecular weight excluding hydrogens is 154 g/mol. The maximum absolute atomic E-state index is 10.9. The van der Waals surface area contributed by atoms with Crippen LogP contribution in [0.1, 0.15) is 25.7 Å². The number of carboxylic acid groups (broad SMARTS) is 1. The summed E-state index contributed by atoms with van der Waals surface area (Å²) in [5, 5.41) is 8.95. The van der Waals surface area contributed by atoms with Crippen LogP contribution >= 0.6 is 0 Å². The highest BCUT2D eigenvalue weighted by Gasteiger charge is 2.42. The standard InChI is InChI=1S/C9H15NO2/c1-10-6-2-4-7(9(11)12)8(10)5-3-6/h6-8H,2-5H2,1H3,(H,11,12)/t6?,7-,8?/m0/s1. The molecule has 2 heterocycles. The van der Waals surface area contributed by atoms with E-state index in [9.17, 15) is 4.79 Å². The number of hydrogen-bond donors (Lipinski definition) is 1. The van der Waals surface area contributed by atoms with Gasteiger partial charge in [-0.2, -0.15) is 0 Å². The van der Waals surface area contributed by atoms with E-state index in [0.717, 1.165) is 19.3 Å². The number of fused-ring (bicyclic) bond motifs is 2. The molecule has 0 spiro atoms. The van der Waals surface area contributed by atoms with Crippen molar-refractivity contribution >= 4 is 5.97 Å². The molecule has 2 aliphatic rings. The van der Waals surface area contributed by atoms with Gasteiger partial charge in [0.2, 0.25) is 0 Å². The minimum absolute atomic E-state index is 0.103. The fourth-order valence-electron chi connectivity index (χ4n) is 2.73. The second-order valence-electron chi connectivity index (χ2n) is 3.99. The summed E-state index contributed by atoms with van der Waals surface area (Å²) in [6, 6.07) is 0.992. The molecule has 2 unspecified atom stereocenters. The van der Waals surface area contributed by atoms with Gasteiger partial charge in [0.1, 0.15) is 0 Å². The van der Waals surface area contributed by atoms with Crippen molar-refractivity contribution in [2.24, 2.45) is 5.92 Å². The largest absolute Gasteiger partial charge is 0.481 e. The van der Waals surface area contributed by atoms with Gasteiger partial charge in [-0.25, -0.2) is 0 Å². The topological polar surface area (TPSA) is 40.5 Å². The van der Waals surface area contributed by atoms with Crippen LogP contribution in [-0.2, 0) is 4.79 Å². The molecule has 3 nitrogen and oxygen atoms in total. The molecule has 0 amide bonds. The Bertz CT molecular complexity index is 205. The molecule has 2 bridgehead atoms. The molecule has 0 aliphatic carbocycles. The lowest BCUT2D eigenvalue weighted by Gasteiger charge is -2.35. The van der Waals surface area contributed by atoms with Crippen molar-refractivity contribution in [2.45, 2.75) is 37.8 Å². The zero-order valence-electron chi connectivity index (χ0n) is 7.36. The molecule has 2 saturated heterocycles. The summed E-state index contributed by atoms with van der Waals surface area (Å²) in [6.07, 6.45) is 4.24. The molecule has 0 radical (unpaired) electrons. The van der Waals surface area contributed by atoms with Crippen LogP contribution in [-0.4, -0.2) is 35.1 Å². The van der Waals surface area contributed by atoms with Crippen molar-refractivity contribution in [3.8, 4) is 0 Å². The number of rotatable bonds is 1. The Morgan fingerprint density at radius 3 is 2.67 bits per heavy atom. The normalized spacial score (nSPS) is 41.6. The van der Waals surface area contributed by atoms with Gasteiger partial charge in [-0.3, -0.25) is 9.69 Å². The highest BCUT2D eigenvalue weighted by atomic mass is 16.4. The van der Waals surface area contributed by atoms with E-state index in [1.807, 2.05) is 0 Å². The van der Waals surface area contributed by atoms with Gasteiger partial charge >= 0.3 is 5.97 Å². The summed E-state index contributed by atoms with van der Waals surface area (Å²) in [7, 11) is 2.07. The van der Waals surface area contributed by atoms with Crippen LogP contribution in [0.3, 0.4) is 0 Å². The van der Waals surface area contributed by atoms with E-state index >= 15 is 0 Å². The van der Waals surface area contributed by atoms with Crippen LogP contribution in [0, 0.1) is 5.92 Å². The maximum Gasteiger partial charge on any atom is 0.308 e. The van der Waals surface area contributed by atoms with Gasteiger partial charge in [0.15, 0.2) is 0 Å². The minimum Gasteiger partial charge on any atom is -0.481 e. The van der Waals surface area contributed by atoms with E-state index in [4.69, 9.17) is 5.11 Å². The highest BCUT2D eigenvalue weighted by Crippen LogP contribution is 2.37. The summed E-state index contributed by atoms with van der Waals surface area (Å²) in [5.41, 5.74) is 0. The summed E-state index contributed by atoms with van der Waals surface area (Å²) >= 11 is 0. The Morgan fingerprint density at radius 1 is 1.33 bits per heavy atom. The molecule has 12 heavy (non-hydrogen) atoms. The Hall–Kier alpha value is -0.570. The van der Waals surface area contributed by atoms with Gasteiger partial charge < -0.3 is 5.11 Å². The van der Waals surface area contributed by atoms with Gasteiger partial charge in [0, 0.05) is 12.1 Å². The van der Waals surface area contributed by atoms with Crippen molar-refractivity contribution in [1.29, 1.82) is 0 Å². The first-order valence-electron chi connectivity index (χ1n) is 4.65. The first-order valence-corrected chi connectivity index (χ1v) is 4.65. The molecule has 0 aromatic rings. The molecule has 1 N–H and O–H groups in total. The summed E-state index contributed by atoms with van der Waals surface area (Å²) in [5.74, 6) is -0.707. The van der Waals surface area contributed by atoms with Crippen LogP contribution in [0.4, 0.5) is 0 Å². The average molecular weight is 169 g/mol. The van der Waals surface area contributed by atoms with Crippen LogP contribution < -0.4 is 0 Å². The first-order chi connectivity index (χ1) is 5.70. The van der Waals surface area contributed by atoms with E-state index < -0.39 is 5.97 Å². The van der Waals surface area contributed by atoms with Crippen LogP contribution in [0.5, 0.6) is 0 Å². The Balaban J connectivity index is 2.14. The third-order valence-corrected chi connectivity index (χ3v) is 3.49.